The molecule has 2 amide bonds. The van der Waals surface area contributed by atoms with Gasteiger partial charge in [-0.05, 0) is 51.0 Å². The molecule has 31 heavy (non-hydrogen) atoms. The summed E-state index contributed by atoms with van der Waals surface area (Å²) in [5, 5.41) is 12.7. The molecule has 2 aromatic rings. The Hall–Kier alpha value is -3.59. The molecule has 0 unspecified atom stereocenters. The van der Waals surface area contributed by atoms with Crippen LogP contribution >= 0.6 is 0 Å². The van der Waals surface area contributed by atoms with Gasteiger partial charge >= 0.3 is 6.03 Å². The number of carbonyl (C=O) groups is 1. The molecule has 6 nitrogen and oxygen atoms in total. The molecule has 5 rings (SSSR count). The second-order valence-electron chi connectivity index (χ2n) is 8.55. The Kier molecular flexibility index (Phi) is 4.74. The molecule has 1 atom stereocenters. The standard InChI is InChI=1S/C25H25N5O/c1-16-12-19(13-17(16)2)27-25(31)30-20-7-5-11-29(15-20)23-10-9-22(28-24(23)30)21-8-4-3-6-18(21)14-26/h3-4,6,8-10,12,20H,5,7,11,13,15H2,1-2H3,(H,27,31)/t20-/m0/s1. The van der Waals surface area contributed by atoms with Crippen LogP contribution in [0, 0.1) is 11.3 Å². The molecule has 1 aromatic carbocycles. The van der Waals surface area contributed by atoms with Crippen LogP contribution in [-0.2, 0) is 0 Å². The molecule has 0 spiro atoms. The number of hydrogen-bond donors (Lipinski definition) is 1. The minimum absolute atomic E-state index is 0.0902. The SMILES string of the molecule is CC1=C(C)CC(NC(=O)N2c3nc(-c4ccccc4C#N)ccc3N3CCC[C@H]2C3)=C1. The summed E-state index contributed by atoms with van der Waals surface area (Å²) in [7, 11) is 0. The summed E-state index contributed by atoms with van der Waals surface area (Å²) in [5.74, 6) is 0.679. The highest BCUT2D eigenvalue weighted by Crippen LogP contribution is 2.40. The molecule has 1 fully saturated rings. The lowest BCUT2D eigenvalue weighted by Gasteiger charge is -2.46. The number of piperidine rings is 1. The lowest BCUT2D eigenvalue weighted by Crippen LogP contribution is -2.57. The van der Waals surface area contributed by atoms with Gasteiger partial charge in [0.2, 0.25) is 0 Å². The smallest absolute Gasteiger partial charge is 0.327 e. The second-order valence-corrected chi connectivity index (χ2v) is 8.55. The summed E-state index contributed by atoms with van der Waals surface area (Å²) in [4.78, 5) is 22.5. The molecule has 0 radical (unpaired) electrons. The highest BCUT2D eigenvalue weighted by atomic mass is 16.2. The number of amides is 2. The molecule has 1 saturated heterocycles. The van der Waals surface area contributed by atoms with Crippen LogP contribution in [0.4, 0.5) is 16.3 Å². The minimum atomic E-state index is -0.125. The van der Waals surface area contributed by atoms with Gasteiger partial charge in [-0.1, -0.05) is 29.3 Å². The normalized spacial score (nSPS) is 19.6. The van der Waals surface area contributed by atoms with Gasteiger partial charge in [-0.3, -0.25) is 4.90 Å². The Morgan fingerprint density at radius 2 is 2.06 bits per heavy atom. The highest BCUT2D eigenvalue weighted by Gasteiger charge is 2.38. The largest absolute Gasteiger partial charge is 0.366 e. The van der Waals surface area contributed by atoms with Gasteiger partial charge in [-0.2, -0.15) is 5.26 Å². The second kappa shape index (κ2) is 7.59. The predicted octanol–water partition coefficient (Wildman–Crippen LogP) is 4.74. The first-order valence-corrected chi connectivity index (χ1v) is 10.8. The molecule has 2 bridgehead atoms. The third-order valence-electron chi connectivity index (χ3n) is 6.51. The van der Waals surface area contributed by atoms with Crippen LogP contribution in [0.25, 0.3) is 11.3 Å². The topological polar surface area (TPSA) is 72.3 Å². The number of benzene rings is 1. The van der Waals surface area contributed by atoms with E-state index in [4.69, 9.17) is 4.98 Å². The number of nitrogens with one attached hydrogen (secondary N) is 1. The fraction of sp³-hybridized carbons (Fsp3) is 0.320. The van der Waals surface area contributed by atoms with Crippen molar-refractivity contribution in [2.24, 2.45) is 0 Å². The van der Waals surface area contributed by atoms with Crippen molar-refractivity contribution in [2.75, 3.05) is 22.9 Å². The number of rotatable bonds is 2. The number of anilines is 2. The molecule has 3 aliphatic rings. The summed E-state index contributed by atoms with van der Waals surface area (Å²) in [6.45, 7) is 5.97. The number of pyridine rings is 1. The van der Waals surface area contributed by atoms with E-state index < -0.39 is 0 Å². The van der Waals surface area contributed by atoms with Crippen molar-refractivity contribution in [1.29, 1.82) is 5.26 Å². The number of nitriles is 1. The molecule has 6 heteroatoms. The minimum Gasteiger partial charge on any atom is -0.366 e. The van der Waals surface area contributed by atoms with E-state index in [-0.39, 0.29) is 12.1 Å². The Labute approximate surface area is 182 Å². The average Bonchev–Trinajstić information content (AvgIpc) is 3.10. The monoisotopic (exact) mass is 411 g/mol. The van der Waals surface area contributed by atoms with Gasteiger partial charge in [0.15, 0.2) is 5.82 Å². The maximum atomic E-state index is 13.4. The van der Waals surface area contributed by atoms with E-state index in [1.54, 1.807) is 6.07 Å². The molecule has 0 saturated carbocycles. The first-order valence-electron chi connectivity index (χ1n) is 10.8. The van der Waals surface area contributed by atoms with E-state index in [1.165, 1.54) is 11.1 Å². The summed E-state index contributed by atoms with van der Waals surface area (Å²) < 4.78 is 0. The molecule has 1 aliphatic carbocycles. The van der Waals surface area contributed by atoms with Crippen LogP contribution in [0.3, 0.4) is 0 Å². The van der Waals surface area contributed by atoms with Crippen molar-refractivity contribution in [3.8, 4) is 17.3 Å². The fourth-order valence-electron chi connectivity index (χ4n) is 4.78. The van der Waals surface area contributed by atoms with Crippen molar-refractivity contribution in [2.45, 2.75) is 39.2 Å². The fourth-order valence-corrected chi connectivity index (χ4v) is 4.78. The quantitative estimate of drug-likeness (QED) is 0.775. The van der Waals surface area contributed by atoms with Crippen molar-refractivity contribution < 1.29 is 4.79 Å². The lowest BCUT2D eigenvalue weighted by atomic mass is 9.99. The number of carbonyl (C=O) groups excluding carboxylic acids is 1. The van der Waals surface area contributed by atoms with E-state index >= 15 is 0 Å². The van der Waals surface area contributed by atoms with E-state index in [0.717, 1.165) is 49.3 Å². The molecule has 156 valence electrons. The molecule has 1 aromatic heterocycles. The Balaban J connectivity index is 1.54. The third kappa shape index (κ3) is 3.36. The van der Waals surface area contributed by atoms with Crippen LogP contribution in [0.15, 0.2) is 59.3 Å². The number of urea groups is 1. The Morgan fingerprint density at radius 3 is 2.84 bits per heavy atom. The maximum Gasteiger partial charge on any atom is 0.327 e. The van der Waals surface area contributed by atoms with Crippen LogP contribution in [-0.4, -0.2) is 30.1 Å². The van der Waals surface area contributed by atoms with Gasteiger partial charge in [0.1, 0.15) is 0 Å². The summed E-state index contributed by atoms with van der Waals surface area (Å²) in [6, 6.07) is 13.7. The molecule has 3 heterocycles. The molecule has 1 N–H and O–H groups in total. The van der Waals surface area contributed by atoms with Gasteiger partial charge in [0.25, 0.3) is 0 Å². The zero-order valence-corrected chi connectivity index (χ0v) is 17.9. The summed E-state index contributed by atoms with van der Waals surface area (Å²) in [6.07, 6.45) is 4.84. The number of nitrogens with zero attached hydrogens (tertiary/aromatic N) is 4. The highest BCUT2D eigenvalue weighted by molar-refractivity contribution is 5.98. The first kappa shape index (κ1) is 19.4. The summed E-state index contributed by atoms with van der Waals surface area (Å²) >= 11 is 0. The number of fused-ring (bicyclic) bond motifs is 4. The zero-order chi connectivity index (χ0) is 21.5. The molecular weight excluding hydrogens is 386 g/mol. The van der Waals surface area contributed by atoms with E-state index in [1.807, 2.05) is 35.2 Å². The van der Waals surface area contributed by atoms with E-state index in [0.29, 0.717) is 17.1 Å². The average molecular weight is 412 g/mol. The van der Waals surface area contributed by atoms with Crippen LogP contribution < -0.4 is 15.1 Å². The Bertz CT molecular complexity index is 1170. The third-order valence-corrected chi connectivity index (χ3v) is 6.51. The van der Waals surface area contributed by atoms with Crippen molar-refractivity contribution in [3.05, 3.63) is 64.9 Å². The van der Waals surface area contributed by atoms with Crippen LogP contribution in [0.1, 0.15) is 38.7 Å². The Morgan fingerprint density at radius 1 is 1.23 bits per heavy atom. The maximum absolute atomic E-state index is 13.4. The van der Waals surface area contributed by atoms with Gasteiger partial charge in [0, 0.05) is 30.8 Å². The first-order chi connectivity index (χ1) is 15.0. The van der Waals surface area contributed by atoms with Gasteiger partial charge in [-0.25, -0.2) is 9.78 Å². The molecular formula is C25H25N5O. The van der Waals surface area contributed by atoms with Crippen molar-refractivity contribution in [1.82, 2.24) is 10.3 Å². The number of allylic oxidation sites excluding steroid dienone is 3. The van der Waals surface area contributed by atoms with Crippen LogP contribution in [0.2, 0.25) is 0 Å². The van der Waals surface area contributed by atoms with Gasteiger partial charge in [0.05, 0.1) is 29.1 Å². The number of aromatic nitrogens is 1. The van der Waals surface area contributed by atoms with Gasteiger partial charge < -0.3 is 10.2 Å². The molecule has 2 aliphatic heterocycles. The zero-order valence-electron chi connectivity index (χ0n) is 17.9. The van der Waals surface area contributed by atoms with E-state index in [9.17, 15) is 10.1 Å². The predicted molar refractivity (Wildman–Crippen MR) is 122 cm³/mol. The van der Waals surface area contributed by atoms with Crippen molar-refractivity contribution in [3.63, 3.8) is 0 Å². The summed E-state index contributed by atoms with van der Waals surface area (Å²) in [5.41, 5.74) is 6.49. The van der Waals surface area contributed by atoms with Gasteiger partial charge in [-0.15, -0.1) is 0 Å². The van der Waals surface area contributed by atoms with Crippen LogP contribution in [0.5, 0.6) is 0 Å². The van der Waals surface area contributed by atoms with Crippen molar-refractivity contribution >= 4 is 17.5 Å². The van der Waals surface area contributed by atoms with E-state index in [2.05, 4.69) is 36.2 Å². The lowest BCUT2D eigenvalue weighted by molar-refractivity contribution is 0.244. The number of hydrogen-bond acceptors (Lipinski definition) is 4.